The molecule has 0 saturated carbocycles. The predicted octanol–water partition coefficient (Wildman–Crippen LogP) is 4.52. The number of para-hydroxylation sites is 1. The van der Waals surface area contributed by atoms with E-state index in [4.69, 9.17) is 9.83 Å². The summed E-state index contributed by atoms with van der Waals surface area (Å²) in [6.07, 6.45) is 1.20. The summed E-state index contributed by atoms with van der Waals surface area (Å²) in [5.74, 6) is 0.0762. The van der Waals surface area contributed by atoms with Crippen molar-refractivity contribution in [1.82, 2.24) is 14.8 Å². The van der Waals surface area contributed by atoms with Crippen molar-refractivity contribution in [2.24, 2.45) is 10.1 Å². The van der Waals surface area contributed by atoms with Gasteiger partial charge in [-0.25, -0.2) is 4.99 Å². The highest BCUT2D eigenvalue weighted by Crippen LogP contribution is 2.36. The molecule has 0 aliphatic carbocycles. The average Bonchev–Trinajstić information content (AvgIpc) is 3.34. The van der Waals surface area contributed by atoms with Crippen molar-refractivity contribution >= 4 is 43.9 Å². The smallest absolute Gasteiger partial charge is 0.199 e. The van der Waals surface area contributed by atoms with Crippen LogP contribution in [0.1, 0.15) is 24.5 Å². The molecule has 33 heavy (non-hydrogen) atoms. The number of nitrogens with zero attached hydrogens (tertiary/aromatic N) is 4. The van der Waals surface area contributed by atoms with Crippen LogP contribution < -0.4 is 0 Å². The number of benzene rings is 2. The number of hydrogen-bond donors (Lipinski definition) is 2. The summed E-state index contributed by atoms with van der Waals surface area (Å²) in [5, 5.41) is 16.1. The first-order chi connectivity index (χ1) is 16.1. The zero-order valence-electron chi connectivity index (χ0n) is 18.7. The lowest BCUT2D eigenvalue weighted by Crippen LogP contribution is -2.47. The van der Waals surface area contributed by atoms with Gasteiger partial charge < -0.3 is 19.8 Å². The van der Waals surface area contributed by atoms with E-state index in [9.17, 15) is 5.11 Å². The SMILES string of the molecule is CCCN1CCN(CCO/N=C2/C(c3c(O)[nH]c4ccc(Br)cc34)=Nc3ccccc32)CC1. The molecule has 5 rings (SSSR count). The lowest BCUT2D eigenvalue weighted by Gasteiger charge is -2.34. The van der Waals surface area contributed by atoms with Gasteiger partial charge in [0.15, 0.2) is 5.88 Å². The fraction of sp³-hybridized carbons (Fsp3) is 0.360. The maximum atomic E-state index is 10.7. The molecule has 2 aliphatic heterocycles. The summed E-state index contributed by atoms with van der Waals surface area (Å²) in [6, 6.07) is 13.7. The number of H-pyrrole nitrogens is 1. The molecule has 0 atom stereocenters. The molecule has 2 N–H and O–H groups in total. The van der Waals surface area contributed by atoms with Crippen LogP contribution in [-0.4, -0.2) is 77.2 Å². The van der Waals surface area contributed by atoms with Crippen LogP contribution in [0.2, 0.25) is 0 Å². The van der Waals surface area contributed by atoms with Gasteiger partial charge in [-0.15, -0.1) is 0 Å². The summed E-state index contributed by atoms with van der Waals surface area (Å²) < 4.78 is 0.931. The number of piperazine rings is 1. The van der Waals surface area contributed by atoms with Gasteiger partial charge in [-0.1, -0.05) is 46.2 Å². The van der Waals surface area contributed by atoms with Crippen molar-refractivity contribution in [3.63, 3.8) is 0 Å². The van der Waals surface area contributed by atoms with Crippen LogP contribution in [0.25, 0.3) is 10.9 Å². The third kappa shape index (κ3) is 4.55. The number of hydrogen-bond acceptors (Lipinski definition) is 6. The third-order valence-electron chi connectivity index (χ3n) is 6.25. The maximum Gasteiger partial charge on any atom is 0.199 e. The molecule has 0 radical (unpaired) electrons. The molecule has 1 saturated heterocycles. The Morgan fingerprint density at radius 2 is 1.85 bits per heavy atom. The number of oxime groups is 1. The summed E-state index contributed by atoms with van der Waals surface area (Å²) in [4.78, 5) is 18.6. The Bertz CT molecular complexity index is 1210. The van der Waals surface area contributed by atoms with Crippen LogP contribution in [0.4, 0.5) is 5.69 Å². The first kappa shape index (κ1) is 22.1. The van der Waals surface area contributed by atoms with Gasteiger partial charge in [-0.05, 0) is 37.2 Å². The van der Waals surface area contributed by atoms with E-state index in [1.807, 2.05) is 42.5 Å². The maximum absolute atomic E-state index is 10.7. The first-order valence-corrected chi connectivity index (χ1v) is 12.3. The van der Waals surface area contributed by atoms with Crippen LogP contribution in [0.5, 0.6) is 5.88 Å². The van der Waals surface area contributed by atoms with E-state index >= 15 is 0 Å². The number of aliphatic imine (C=N–C) groups is 1. The van der Waals surface area contributed by atoms with Crippen molar-refractivity contribution in [1.29, 1.82) is 0 Å². The van der Waals surface area contributed by atoms with E-state index in [0.717, 1.165) is 59.4 Å². The van der Waals surface area contributed by atoms with Crippen LogP contribution in [0.3, 0.4) is 0 Å². The molecule has 1 fully saturated rings. The molecule has 2 aromatic carbocycles. The number of aromatic amines is 1. The molecular weight excluding hydrogens is 482 g/mol. The predicted molar refractivity (Wildman–Crippen MR) is 136 cm³/mol. The molecule has 3 aromatic rings. The Hall–Kier alpha value is -2.68. The molecule has 1 aromatic heterocycles. The van der Waals surface area contributed by atoms with E-state index < -0.39 is 0 Å². The standard InChI is InChI=1S/C25H28BrN5O2/c1-2-9-30-10-12-31(13-11-30)14-15-33-29-23-18-5-3-4-6-20(18)27-24(23)22-19-16-17(26)7-8-21(19)28-25(22)32/h3-8,16,28,32H,2,9-15H2,1H3/b29-23+. The van der Waals surface area contributed by atoms with Gasteiger partial charge in [0.1, 0.15) is 18.0 Å². The Labute approximate surface area is 201 Å². The average molecular weight is 510 g/mol. The van der Waals surface area contributed by atoms with Gasteiger partial charge in [-0.3, -0.25) is 4.90 Å². The fourth-order valence-corrected chi connectivity index (χ4v) is 4.92. The summed E-state index contributed by atoms with van der Waals surface area (Å²) >= 11 is 3.53. The summed E-state index contributed by atoms with van der Waals surface area (Å²) in [7, 11) is 0. The van der Waals surface area contributed by atoms with Gasteiger partial charge in [0.25, 0.3) is 0 Å². The van der Waals surface area contributed by atoms with Crippen molar-refractivity contribution in [2.45, 2.75) is 13.3 Å². The highest BCUT2D eigenvalue weighted by atomic mass is 79.9. The molecule has 2 aliphatic rings. The zero-order chi connectivity index (χ0) is 22.8. The van der Waals surface area contributed by atoms with Crippen LogP contribution in [0.15, 0.2) is 57.1 Å². The second-order valence-corrected chi connectivity index (χ2v) is 9.39. The molecule has 0 unspecified atom stereocenters. The highest BCUT2D eigenvalue weighted by molar-refractivity contribution is 9.10. The second kappa shape index (κ2) is 9.67. The number of aromatic nitrogens is 1. The Kier molecular flexibility index (Phi) is 6.48. The van der Waals surface area contributed by atoms with E-state index in [0.29, 0.717) is 23.6 Å². The quantitative estimate of drug-likeness (QED) is 0.362. The first-order valence-electron chi connectivity index (χ1n) is 11.5. The van der Waals surface area contributed by atoms with Crippen molar-refractivity contribution in [2.75, 3.05) is 45.9 Å². The number of nitrogens with one attached hydrogen (secondary N) is 1. The van der Waals surface area contributed by atoms with Crippen molar-refractivity contribution in [3.05, 3.63) is 58.1 Å². The molecule has 0 amide bonds. The van der Waals surface area contributed by atoms with E-state index in [1.54, 1.807) is 0 Å². The normalized spacial score (nSPS) is 18.1. The third-order valence-corrected chi connectivity index (χ3v) is 6.75. The minimum Gasteiger partial charge on any atom is -0.494 e. The number of fused-ring (bicyclic) bond motifs is 2. The Balaban J connectivity index is 1.35. The minimum absolute atomic E-state index is 0.0762. The summed E-state index contributed by atoms with van der Waals surface area (Å²) in [5.41, 5.74) is 4.47. The van der Waals surface area contributed by atoms with E-state index in [1.165, 1.54) is 13.0 Å². The van der Waals surface area contributed by atoms with Gasteiger partial charge in [0.05, 0.1) is 11.3 Å². The lowest BCUT2D eigenvalue weighted by molar-refractivity contribution is 0.0794. The molecule has 3 heterocycles. The number of halogens is 1. The second-order valence-electron chi connectivity index (χ2n) is 8.47. The molecular formula is C25H28BrN5O2. The Morgan fingerprint density at radius 1 is 1.09 bits per heavy atom. The highest BCUT2D eigenvalue weighted by Gasteiger charge is 2.29. The zero-order valence-corrected chi connectivity index (χ0v) is 20.3. The van der Waals surface area contributed by atoms with Gasteiger partial charge in [0.2, 0.25) is 0 Å². The minimum atomic E-state index is 0.0762. The molecule has 0 bridgehead atoms. The van der Waals surface area contributed by atoms with Crippen molar-refractivity contribution < 1.29 is 9.94 Å². The van der Waals surface area contributed by atoms with E-state index in [2.05, 4.69) is 42.8 Å². The largest absolute Gasteiger partial charge is 0.494 e. The molecule has 7 nitrogen and oxygen atoms in total. The number of aromatic hydroxyl groups is 1. The topological polar surface area (TPSA) is 76.5 Å². The van der Waals surface area contributed by atoms with Gasteiger partial charge in [0, 0.05) is 53.7 Å². The van der Waals surface area contributed by atoms with Gasteiger partial charge in [-0.2, -0.15) is 0 Å². The van der Waals surface area contributed by atoms with Gasteiger partial charge >= 0.3 is 0 Å². The number of rotatable bonds is 7. The summed E-state index contributed by atoms with van der Waals surface area (Å²) in [6.45, 7) is 9.11. The molecule has 8 heteroatoms. The molecule has 172 valence electrons. The van der Waals surface area contributed by atoms with Crippen LogP contribution in [-0.2, 0) is 4.84 Å². The van der Waals surface area contributed by atoms with Crippen molar-refractivity contribution in [3.8, 4) is 5.88 Å². The lowest BCUT2D eigenvalue weighted by atomic mass is 10.0. The fourth-order valence-electron chi connectivity index (χ4n) is 4.56. The van der Waals surface area contributed by atoms with E-state index in [-0.39, 0.29) is 5.88 Å². The van der Waals surface area contributed by atoms with Crippen LogP contribution >= 0.6 is 15.9 Å². The Morgan fingerprint density at radius 3 is 2.64 bits per heavy atom. The van der Waals surface area contributed by atoms with Crippen LogP contribution in [0, 0.1) is 0 Å². The monoisotopic (exact) mass is 509 g/mol. The molecule has 0 spiro atoms.